The van der Waals surface area contributed by atoms with Gasteiger partial charge in [0, 0.05) is 28.0 Å². The number of carbonyl (C=O) groups is 1. The number of hydrogen-bond acceptors (Lipinski definition) is 1. The standard InChI is InChI=1S/C15H19Br2NO/c1-11-6-7-12(17)9-14(11)15(19)18-8-4-2-3-5-13(18)10-16/h6-7,9,13H,2-5,8,10H2,1H3. The molecule has 0 bridgehead atoms. The molecule has 0 aromatic heterocycles. The van der Waals surface area contributed by atoms with Crippen LogP contribution in [0.1, 0.15) is 41.6 Å². The average molecular weight is 389 g/mol. The highest BCUT2D eigenvalue weighted by Gasteiger charge is 2.26. The van der Waals surface area contributed by atoms with Gasteiger partial charge in [0.2, 0.25) is 0 Å². The maximum absolute atomic E-state index is 12.8. The van der Waals surface area contributed by atoms with Crippen molar-refractivity contribution in [3.8, 4) is 0 Å². The number of likely N-dealkylation sites (tertiary alicyclic amines) is 1. The van der Waals surface area contributed by atoms with Crippen molar-refractivity contribution in [2.45, 2.75) is 38.6 Å². The maximum Gasteiger partial charge on any atom is 0.254 e. The number of benzene rings is 1. The lowest BCUT2D eigenvalue weighted by molar-refractivity contribution is 0.0701. The van der Waals surface area contributed by atoms with Gasteiger partial charge in [-0.2, -0.15) is 0 Å². The monoisotopic (exact) mass is 387 g/mol. The van der Waals surface area contributed by atoms with Gasteiger partial charge in [-0.3, -0.25) is 4.79 Å². The minimum absolute atomic E-state index is 0.171. The highest BCUT2D eigenvalue weighted by atomic mass is 79.9. The van der Waals surface area contributed by atoms with Crippen LogP contribution in [0.3, 0.4) is 0 Å². The molecule has 0 aliphatic carbocycles. The van der Waals surface area contributed by atoms with E-state index in [4.69, 9.17) is 0 Å². The lowest BCUT2D eigenvalue weighted by Crippen LogP contribution is -2.41. The van der Waals surface area contributed by atoms with Gasteiger partial charge in [-0.15, -0.1) is 0 Å². The fourth-order valence-corrected chi connectivity index (χ4v) is 3.62. The van der Waals surface area contributed by atoms with E-state index in [0.717, 1.165) is 40.3 Å². The van der Waals surface area contributed by atoms with Crippen molar-refractivity contribution >= 4 is 37.8 Å². The van der Waals surface area contributed by atoms with Crippen molar-refractivity contribution in [1.82, 2.24) is 4.90 Å². The molecule has 104 valence electrons. The van der Waals surface area contributed by atoms with Gasteiger partial charge in [0.25, 0.3) is 5.91 Å². The SMILES string of the molecule is Cc1ccc(Br)cc1C(=O)N1CCCCCC1CBr. The second kappa shape index (κ2) is 6.89. The molecule has 1 saturated heterocycles. The fraction of sp³-hybridized carbons (Fsp3) is 0.533. The third-order valence-corrected chi connectivity index (χ3v) is 4.99. The van der Waals surface area contributed by atoms with Gasteiger partial charge < -0.3 is 4.90 Å². The lowest BCUT2D eigenvalue weighted by Gasteiger charge is -2.29. The van der Waals surface area contributed by atoms with Gasteiger partial charge in [-0.25, -0.2) is 0 Å². The molecule has 1 aliphatic heterocycles. The summed E-state index contributed by atoms with van der Waals surface area (Å²) in [5.41, 5.74) is 1.87. The van der Waals surface area contributed by atoms with Gasteiger partial charge in [-0.05, 0) is 37.5 Å². The second-order valence-electron chi connectivity index (χ2n) is 5.12. The maximum atomic E-state index is 12.8. The molecule has 1 fully saturated rings. The minimum Gasteiger partial charge on any atom is -0.335 e. The quantitative estimate of drug-likeness (QED) is 0.681. The molecule has 1 heterocycles. The number of halogens is 2. The molecule has 1 aromatic rings. The van der Waals surface area contributed by atoms with Crippen molar-refractivity contribution in [3.63, 3.8) is 0 Å². The largest absolute Gasteiger partial charge is 0.335 e. The normalized spacial score (nSPS) is 20.2. The smallest absolute Gasteiger partial charge is 0.254 e. The van der Waals surface area contributed by atoms with Crippen molar-refractivity contribution in [2.75, 3.05) is 11.9 Å². The molecule has 2 rings (SSSR count). The number of alkyl halides is 1. The summed E-state index contributed by atoms with van der Waals surface area (Å²) in [6, 6.07) is 6.25. The predicted octanol–water partition coefficient (Wildman–Crippen LogP) is 4.54. The Labute approximate surface area is 131 Å². The van der Waals surface area contributed by atoms with Crippen LogP contribution in [0, 0.1) is 6.92 Å². The Morgan fingerprint density at radius 3 is 2.89 bits per heavy atom. The van der Waals surface area contributed by atoms with Gasteiger partial charge in [-0.1, -0.05) is 50.8 Å². The zero-order chi connectivity index (χ0) is 13.8. The van der Waals surface area contributed by atoms with Crippen LogP contribution in [0.4, 0.5) is 0 Å². The third-order valence-electron chi connectivity index (χ3n) is 3.75. The molecule has 1 amide bonds. The van der Waals surface area contributed by atoms with E-state index in [-0.39, 0.29) is 5.91 Å². The Hall–Kier alpha value is -0.350. The van der Waals surface area contributed by atoms with E-state index in [0.29, 0.717) is 6.04 Å². The Balaban J connectivity index is 2.27. The lowest BCUT2D eigenvalue weighted by atomic mass is 10.1. The van der Waals surface area contributed by atoms with Gasteiger partial charge in [0.1, 0.15) is 0 Å². The van der Waals surface area contributed by atoms with Crippen LogP contribution in [-0.2, 0) is 0 Å². The number of aryl methyl sites for hydroxylation is 1. The molecule has 4 heteroatoms. The first kappa shape index (κ1) is 15.0. The zero-order valence-corrected chi connectivity index (χ0v) is 14.3. The molecular formula is C15H19Br2NO. The molecule has 2 nitrogen and oxygen atoms in total. The first-order valence-electron chi connectivity index (χ1n) is 6.76. The van der Waals surface area contributed by atoms with Crippen LogP contribution in [-0.4, -0.2) is 28.7 Å². The average Bonchev–Trinajstić information content (AvgIpc) is 2.65. The van der Waals surface area contributed by atoms with Crippen LogP contribution in [0.25, 0.3) is 0 Å². The van der Waals surface area contributed by atoms with Crippen LogP contribution in [0.2, 0.25) is 0 Å². The zero-order valence-electron chi connectivity index (χ0n) is 11.2. The summed E-state index contributed by atoms with van der Waals surface area (Å²) < 4.78 is 0.965. The Morgan fingerprint density at radius 1 is 1.37 bits per heavy atom. The first-order chi connectivity index (χ1) is 9.13. The van der Waals surface area contributed by atoms with E-state index in [1.807, 2.05) is 25.1 Å². The molecule has 0 radical (unpaired) electrons. The highest BCUT2D eigenvalue weighted by molar-refractivity contribution is 9.10. The number of nitrogens with zero attached hydrogens (tertiary/aromatic N) is 1. The van der Waals surface area contributed by atoms with Crippen LogP contribution < -0.4 is 0 Å². The summed E-state index contributed by atoms with van der Waals surface area (Å²) in [5.74, 6) is 0.171. The number of rotatable bonds is 2. The second-order valence-corrected chi connectivity index (χ2v) is 6.68. The van der Waals surface area contributed by atoms with E-state index in [1.165, 1.54) is 12.8 Å². The Bertz CT molecular complexity index is 461. The molecule has 1 atom stereocenters. The molecule has 1 unspecified atom stereocenters. The topological polar surface area (TPSA) is 20.3 Å². The first-order valence-corrected chi connectivity index (χ1v) is 8.68. The van der Waals surface area contributed by atoms with Gasteiger partial charge >= 0.3 is 0 Å². The van der Waals surface area contributed by atoms with Crippen LogP contribution >= 0.6 is 31.9 Å². The van der Waals surface area contributed by atoms with Crippen molar-refractivity contribution < 1.29 is 4.79 Å². The van der Waals surface area contributed by atoms with Crippen LogP contribution in [0.15, 0.2) is 22.7 Å². The van der Waals surface area contributed by atoms with Crippen molar-refractivity contribution in [3.05, 3.63) is 33.8 Å². The minimum atomic E-state index is 0.171. The van der Waals surface area contributed by atoms with Gasteiger partial charge in [0.15, 0.2) is 0 Å². The van der Waals surface area contributed by atoms with E-state index < -0.39 is 0 Å². The molecule has 1 aliphatic rings. The summed E-state index contributed by atoms with van der Waals surface area (Å²) in [6.45, 7) is 2.88. The molecule has 0 spiro atoms. The Morgan fingerprint density at radius 2 is 2.16 bits per heavy atom. The van der Waals surface area contributed by atoms with Crippen molar-refractivity contribution in [2.24, 2.45) is 0 Å². The molecule has 19 heavy (non-hydrogen) atoms. The molecular weight excluding hydrogens is 370 g/mol. The summed E-state index contributed by atoms with van der Waals surface area (Å²) in [7, 11) is 0. The summed E-state index contributed by atoms with van der Waals surface area (Å²) in [5, 5.41) is 0.867. The van der Waals surface area contributed by atoms with E-state index in [1.54, 1.807) is 0 Å². The summed E-state index contributed by atoms with van der Waals surface area (Å²) in [4.78, 5) is 14.8. The third kappa shape index (κ3) is 3.60. The van der Waals surface area contributed by atoms with Crippen LogP contribution in [0.5, 0.6) is 0 Å². The number of carbonyl (C=O) groups excluding carboxylic acids is 1. The highest BCUT2D eigenvalue weighted by Crippen LogP contribution is 2.23. The summed E-state index contributed by atoms with van der Waals surface area (Å²) in [6.07, 6.45) is 4.66. The summed E-state index contributed by atoms with van der Waals surface area (Å²) >= 11 is 7.01. The fourth-order valence-electron chi connectivity index (χ4n) is 2.58. The molecule has 0 saturated carbocycles. The number of amides is 1. The molecule has 0 N–H and O–H groups in total. The molecule has 1 aromatic carbocycles. The van der Waals surface area contributed by atoms with Gasteiger partial charge in [0.05, 0.1) is 0 Å². The predicted molar refractivity (Wildman–Crippen MR) is 86.0 cm³/mol. The van der Waals surface area contributed by atoms with E-state index in [2.05, 4.69) is 36.8 Å². The number of hydrogen-bond donors (Lipinski definition) is 0. The van der Waals surface area contributed by atoms with Crippen molar-refractivity contribution in [1.29, 1.82) is 0 Å². The Kier molecular flexibility index (Phi) is 5.46. The van der Waals surface area contributed by atoms with E-state index >= 15 is 0 Å². The van der Waals surface area contributed by atoms with E-state index in [9.17, 15) is 4.79 Å².